The minimum absolute atomic E-state index is 0.236. The molecule has 12 heteroatoms. The third-order valence-corrected chi connectivity index (χ3v) is 5.03. The normalized spacial score (nSPS) is 11.4. The molecule has 0 aliphatic carbocycles. The van der Waals surface area contributed by atoms with Gasteiger partial charge >= 0.3 is 0 Å². The molecule has 0 amide bonds. The average Bonchev–Trinajstić information content (AvgIpc) is 3.20. The number of nitrogens with zero attached hydrogens (tertiary/aromatic N) is 3. The summed E-state index contributed by atoms with van der Waals surface area (Å²) in [7, 11) is 0. The SMILES string of the molecule is Clc1ccc(OCC(Cn2ccnc2)OCc2ccc(Cl)c(Cl)c2)c(Cl)c1.O=[N+]([O-])O. The summed E-state index contributed by atoms with van der Waals surface area (Å²) in [5.41, 5.74) is 0.921. The molecule has 3 aromatic rings. The number of benzene rings is 2. The molecule has 2 aromatic carbocycles. The average molecular weight is 509 g/mol. The largest absolute Gasteiger partial charge is 0.489 e. The summed E-state index contributed by atoms with van der Waals surface area (Å²) < 4.78 is 13.8. The van der Waals surface area contributed by atoms with Crippen LogP contribution < -0.4 is 4.74 Å². The molecular formula is C19H17Cl4N3O5. The van der Waals surface area contributed by atoms with Crippen LogP contribution in [0.5, 0.6) is 5.75 Å². The van der Waals surface area contributed by atoms with Gasteiger partial charge in [0, 0.05) is 17.4 Å². The van der Waals surface area contributed by atoms with E-state index in [2.05, 4.69) is 4.98 Å². The summed E-state index contributed by atoms with van der Waals surface area (Å²) in [5.74, 6) is 0.551. The first kappa shape index (κ1) is 25.0. The Morgan fingerprint density at radius 1 is 1.10 bits per heavy atom. The number of hydrogen-bond acceptors (Lipinski definition) is 5. The highest BCUT2D eigenvalue weighted by molar-refractivity contribution is 6.42. The molecule has 0 radical (unpaired) electrons. The second-order valence-electron chi connectivity index (χ2n) is 6.06. The number of imidazole rings is 1. The van der Waals surface area contributed by atoms with Crippen molar-refractivity contribution in [1.29, 1.82) is 0 Å². The van der Waals surface area contributed by atoms with E-state index in [1.54, 1.807) is 42.9 Å². The third-order valence-electron chi connectivity index (χ3n) is 3.76. The summed E-state index contributed by atoms with van der Waals surface area (Å²) in [6.45, 7) is 1.25. The Bertz CT molecular complexity index is 985. The maximum Gasteiger partial charge on any atom is 0.291 e. The quantitative estimate of drug-likeness (QED) is 0.304. The molecule has 31 heavy (non-hydrogen) atoms. The van der Waals surface area contributed by atoms with Crippen molar-refractivity contribution in [1.82, 2.24) is 9.55 Å². The van der Waals surface area contributed by atoms with E-state index < -0.39 is 5.09 Å². The van der Waals surface area contributed by atoms with E-state index in [1.165, 1.54) is 0 Å². The van der Waals surface area contributed by atoms with Crippen LogP contribution in [-0.4, -0.2) is 32.6 Å². The van der Waals surface area contributed by atoms with Crippen LogP contribution >= 0.6 is 46.4 Å². The zero-order valence-corrected chi connectivity index (χ0v) is 18.9. The Labute approximate surface area is 197 Å². The van der Waals surface area contributed by atoms with Gasteiger partial charge in [0.2, 0.25) is 0 Å². The molecule has 1 unspecified atom stereocenters. The lowest BCUT2D eigenvalue weighted by Gasteiger charge is -2.20. The van der Waals surface area contributed by atoms with Crippen molar-refractivity contribution in [3.05, 3.63) is 90.9 Å². The summed E-state index contributed by atoms with van der Waals surface area (Å²) in [6.07, 6.45) is 5.07. The van der Waals surface area contributed by atoms with Gasteiger partial charge in [0.15, 0.2) is 0 Å². The van der Waals surface area contributed by atoms with E-state index in [9.17, 15) is 0 Å². The van der Waals surface area contributed by atoms with Crippen molar-refractivity contribution in [2.45, 2.75) is 19.3 Å². The second kappa shape index (κ2) is 12.6. The minimum Gasteiger partial charge on any atom is -0.489 e. The standard InChI is InChI=1S/C19H16Cl4N2O2.HNO3/c20-14-2-4-19(18(23)8-14)27-11-15(9-25-6-5-24-12-25)26-10-13-1-3-16(21)17(22)7-13;2-1(3)4/h1-8,12,15H,9-11H2;(H,2,3,4). The van der Waals surface area contributed by atoms with Gasteiger partial charge < -0.3 is 19.2 Å². The van der Waals surface area contributed by atoms with Gasteiger partial charge in [-0.1, -0.05) is 52.5 Å². The first-order valence-corrected chi connectivity index (χ1v) is 10.2. The second-order valence-corrected chi connectivity index (χ2v) is 7.72. The van der Waals surface area contributed by atoms with Crippen LogP contribution in [0.4, 0.5) is 0 Å². The molecular weight excluding hydrogens is 492 g/mol. The third kappa shape index (κ3) is 9.20. The lowest BCUT2D eigenvalue weighted by Crippen LogP contribution is -2.26. The highest BCUT2D eigenvalue weighted by atomic mass is 35.5. The summed E-state index contributed by atoms with van der Waals surface area (Å²) in [5, 5.41) is 15.6. The van der Waals surface area contributed by atoms with Gasteiger partial charge in [-0.15, -0.1) is 10.1 Å². The molecule has 1 atom stereocenters. The fraction of sp³-hybridized carbons (Fsp3) is 0.211. The maximum atomic E-state index is 8.36. The predicted octanol–water partition coefficient (Wildman–Crippen LogP) is 5.81. The molecule has 3 rings (SSSR count). The van der Waals surface area contributed by atoms with Gasteiger partial charge in [-0.2, -0.15) is 0 Å². The van der Waals surface area contributed by atoms with Crippen LogP contribution in [0, 0.1) is 10.1 Å². The van der Waals surface area contributed by atoms with Crippen molar-refractivity contribution in [3.8, 4) is 5.75 Å². The van der Waals surface area contributed by atoms with Gasteiger partial charge in [-0.3, -0.25) is 0 Å². The van der Waals surface area contributed by atoms with E-state index in [0.29, 0.717) is 45.6 Å². The van der Waals surface area contributed by atoms with Crippen molar-refractivity contribution in [3.63, 3.8) is 0 Å². The van der Waals surface area contributed by atoms with Crippen LogP contribution in [0.15, 0.2) is 55.1 Å². The Balaban J connectivity index is 0.000000785. The number of hydrogen-bond donors (Lipinski definition) is 1. The van der Waals surface area contributed by atoms with Crippen molar-refractivity contribution < 1.29 is 19.8 Å². The molecule has 0 saturated heterocycles. The van der Waals surface area contributed by atoms with Gasteiger partial charge in [-0.25, -0.2) is 4.98 Å². The molecule has 0 aliphatic rings. The van der Waals surface area contributed by atoms with Crippen LogP contribution in [-0.2, 0) is 17.9 Å². The van der Waals surface area contributed by atoms with Gasteiger partial charge in [0.1, 0.15) is 18.5 Å². The van der Waals surface area contributed by atoms with Crippen molar-refractivity contribution >= 4 is 46.4 Å². The number of rotatable bonds is 8. The van der Waals surface area contributed by atoms with Crippen LogP contribution in [0.25, 0.3) is 0 Å². The van der Waals surface area contributed by atoms with E-state index >= 15 is 0 Å². The fourth-order valence-electron chi connectivity index (χ4n) is 2.40. The molecule has 1 aromatic heterocycles. The highest BCUT2D eigenvalue weighted by Gasteiger charge is 2.14. The van der Waals surface area contributed by atoms with Crippen LogP contribution in [0.1, 0.15) is 5.56 Å². The molecule has 0 spiro atoms. The zero-order chi connectivity index (χ0) is 22.8. The molecule has 0 fully saturated rings. The highest BCUT2D eigenvalue weighted by Crippen LogP contribution is 2.28. The summed E-state index contributed by atoms with van der Waals surface area (Å²) in [4.78, 5) is 12.4. The first-order chi connectivity index (χ1) is 14.7. The number of ether oxygens (including phenoxy) is 2. The maximum absolute atomic E-state index is 8.36. The van der Waals surface area contributed by atoms with Crippen molar-refractivity contribution in [2.75, 3.05) is 6.61 Å². The lowest BCUT2D eigenvalue weighted by atomic mass is 10.2. The van der Waals surface area contributed by atoms with Gasteiger partial charge in [0.25, 0.3) is 5.09 Å². The Hall–Kier alpha value is -2.23. The van der Waals surface area contributed by atoms with Gasteiger partial charge in [-0.05, 0) is 35.9 Å². The molecule has 0 aliphatic heterocycles. The van der Waals surface area contributed by atoms with E-state index in [1.807, 2.05) is 16.8 Å². The first-order valence-electron chi connectivity index (χ1n) is 8.67. The molecule has 166 valence electrons. The Morgan fingerprint density at radius 2 is 1.84 bits per heavy atom. The summed E-state index contributed by atoms with van der Waals surface area (Å²) >= 11 is 24.1. The van der Waals surface area contributed by atoms with Crippen LogP contribution in [0.3, 0.4) is 0 Å². The minimum atomic E-state index is -1.50. The van der Waals surface area contributed by atoms with E-state index in [-0.39, 0.29) is 6.10 Å². The molecule has 0 saturated carbocycles. The molecule has 0 bridgehead atoms. The van der Waals surface area contributed by atoms with Gasteiger partial charge in [0.05, 0.1) is 34.5 Å². The van der Waals surface area contributed by atoms with Crippen LogP contribution in [0.2, 0.25) is 20.1 Å². The molecule has 1 N–H and O–H groups in total. The Morgan fingerprint density at radius 3 is 2.45 bits per heavy atom. The number of halogens is 4. The van der Waals surface area contributed by atoms with Crippen molar-refractivity contribution in [2.24, 2.45) is 0 Å². The Kier molecular flexibility index (Phi) is 10.2. The van der Waals surface area contributed by atoms with E-state index in [4.69, 9.17) is 71.2 Å². The fourth-order valence-corrected chi connectivity index (χ4v) is 3.19. The smallest absolute Gasteiger partial charge is 0.291 e. The monoisotopic (exact) mass is 507 g/mol. The lowest BCUT2D eigenvalue weighted by molar-refractivity contribution is -0.742. The van der Waals surface area contributed by atoms with E-state index in [0.717, 1.165) is 5.56 Å². The predicted molar refractivity (Wildman–Crippen MR) is 118 cm³/mol. The number of aromatic nitrogens is 2. The zero-order valence-electron chi connectivity index (χ0n) is 15.8. The summed E-state index contributed by atoms with van der Waals surface area (Å²) in [6, 6.07) is 10.5. The molecule has 1 heterocycles. The topological polar surface area (TPSA) is 99.7 Å². The molecule has 8 nitrogen and oxygen atoms in total.